The number of carbonyl (C=O) groups excluding carboxylic acids is 1. The van der Waals surface area contributed by atoms with Gasteiger partial charge in [-0.25, -0.2) is 9.73 Å². The minimum absolute atomic E-state index is 0.0353. The van der Waals surface area contributed by atoms with Crippen LogP contribution in [0.2, 0.25) is 0 Å². The molecule has 0 spiro atoms. The highest BCUT2D eigenvalue weighted by molar-refractivity contribution is 7.97. The molecule has 2 aromatic carbocycles. The van der Waals surface area contributed by atoms with Crippen molar-refractivity contribution in [2.45, 2.75) is 112 Å². The molecule has 1 fully saturated rings. The molecule has 10 nitrogen and oxygen atoms in total. The third-order valence-corrected chi connectivity index (χ3v) is 13.5. The van der Waals surface area contributed by atoms with Crippen molar-refractivity contribution in [3.8, 4) is 34.7 Å². The summed E-state index contributed by atoms with van der Waals surface area (Å²) in [5.41, 5.74) is 14.8. The van der Waals surface area contributed by atoms with Crippen LogP contribution in [0.3, 0.4) is 0 Å². The zero-order valence-electron chi connectivity index (χ0n) is 40.5. The van der Waals surface area contributed by atoms with Crippen LogP contribution in [0.4, 0.5) is 0 Å². The Hall–Kier alpha value is -4.57. The van der Waals surface area contributed by atoms with Crippen molar-refractivity contribution in [2.75, 3.05) is 53.1 Å². The zero-order valence-corrected chi connectivity index (χ0v) is 41.3. The van der Waals surface area contributed by atoms with Gasteiger partial charge in [-0.1, -0.05) is 82.6 Å². The van der Waals surface area contributed by atoms with Crippen molar-refractivity contribution in [1.29, 1.82) is 0 Å². The Morgan fingerprint density at radius 1 is 1.11 bits per heavy atom. The Balaban J connectivity index is 1.54. The Morgan fingerprint density at radius 2 is 1.88 bits per heavy atom. The Labute approximate surface area is 389 Å². The number of amides is 1. The van der Waals surface area contributed by atoms with Crippen LogP contribution < -0.4 is 16.1 Å². The van der Waals surface area contributed by atoms with Crippen molar-refractivity contribution in [1.82, 2.24) is 39.8 Å². The monoisotopic (exact) mass is 889 g/mol. The number of aliphatic hydroxyl groups is 1. The van der Waals surface area contributed by atoms with E-state index >= 15 is 0 Å². The van der Waals surface area contributed by atoms with E-state index in [1.807, 2.05) is 20.2 Å². The summed E-state index contributed by atoms with van der Waals surface area (Å²) in [5, 5.41) is 20.9. The van der Waals surface area contributed by atoms with E-state index in [0.717, 1.165) is 108 Å². The number of aryl methyl sites for hydroxylation is 2. The fourth-order valence-electron chi connectivity index (χ4n) is 9.20. The van der Waals surface area contributed by atoms with Crippen LogP contribution >= 0.6 is 11.9 Å². The average molecular weight is 889 g/mol. The molecule has 3 heterocycles. The number of aromatic nitrogens is 2. The van der Waals surface area contributed by atoms with Crippen LogP contribution in [0.15, 0.2) is 79.3 Å². The van der Waals surface area contributed by atoms with E-state index in [-0.39, 0.29) is 23.3 Å². The van der Waals surface area contributed by atoms with Gasteiger partial charge in [-0.3, -0.25) is 9.78 Å². The third kappa shape index (κ3) is 12.6. The van der Waals surface area contributed by atoms with E-state index in [1.54, 1.807) is 25.1 Å². The number of nitrogens with zero attached hydrogens (tertiary/aromatic N) is 5. The number of benzene rings is 2. The van der Waals surface area contributed by atoms with Crippen molar-refractivity contribution in [3.05, 3.63) is 102 Å². The van der Waals surface area contributed by atoms with Crippen LogP contribution in [0.25, 0.3) is 33.3 Å². The van der Waals surface area contributed by atoms with Gasteiger partial charge in [-0.15, -0.1) is 12.3 Å². The quantitative estimate of drug-likeness (QED) is 0.0330. The number of hydrogen-bond donors (Lipinski definition) is 4. The SMILES string of the molecule is C#CCCC(C)(C)Cc1c(-c2cccnc2C(C)O)n(CC)c2ccc(-c3cc(C)cc(CC(NC(=O)C(C(C)C)N(C)C(=C)CN(C)SCCNC)C(=C)N4CCCCN4)c3)cc12. The maximum Gasteiger partial charge on any atom is 0.243 e. The van der Waals surface area contributed by atoms with Gasteiger partial charge in [0.1, 0.15) is 6.04 Å². The van der Waals surface area contributed by atoms with E-state index in [9.17, 15) is 9.90 Å². The summed E-state index contributed by atoms with van der Waals surface area (Å²) in [4.78, 5) is 21.3. The molecule has 0 aliphatic carbocycles. The first kappa shape index (κ1) is 50.4. The smallest absolute Gasteiger partial charge is 0.243 e. The molecule has 1 saturated heterocycles. The van der Waals surface area contributed by atoms with E-state index in [4.69, 9.17) is 6.42 Å². The molecule has 1 aliphatic rings. The third-order valence-electron chi connectivity index (χ3n) is 12.5. The van der Waals surface area contributed by atoms with Crippen molar-refractivity contribution >= 4 is 28.8 Å². The normalized spacial score (nSPS) is 14.7. The minimum atomic E-state index is -0.723. The number of pyridine rings is 1. The second kappa shape index (κ2) is 23.1. The average Bonchev–Trinajstić information content (AvgIpc) is 3.56. The number of terminal acetylenes is 1. The second-order valence-electron chi connectivity index (χ2n) is 18.8. The lowest BCUT2D eigenvalue weighted by atomic mass is 9.80. The van der Waals surface area contributed by atoms with Gasteiger partial charge >= 0.3 is 0 Å². The molecule has 5 rings (SSSR count). The lowest BCUT2D eigenvalue weighted by Gasteiger charge is -2.38. The molecule has 0 bridgehead atoms. The van der Waals surface area contributed by atoms with Gasteiger partial charge in [-0.05, 0) is 125 Å². The fourth-order valence-corrected chi connectivity index (χ4v) is 10.0. The number of rotatable bonds is 23. The molecule has 0 saturated carbocycles. The highest BCUT2D eigenvalue weighted by Gasteiger charge is 2.32. The van der Waals surface area contributed by atoms with Gasteiger partial charge in [0, 0.05) is 86.0 Å². The number of fused-ring (bicyclic) bond motifs is 1. The second-order valence-corrected chi connectivity index (χ2v) is 20.1. The molecule has 3 unspecified atom stereocenters. The molecule has 346 valence electrons. The molecule has 64 heavy (non-hydrogen) atoms. The first-order chi connectivity index (χ1) is 30.5. The summed E-state index contributed by atoms with van der Waals surface area (Å²) in [5.74, 6) is 3.83. The number of hydrogen-bond acceptors (Lipinski definition) is 9. The van der Waals surface area contributed by atoms with Crippen molar-refractivity contribution in [3.63, 3.8) is 0 Å². The van der Waals surface area contributed by atoms with Crippen molar-refractivity contribution in [2.24, 2.45) is 11.3 Å². The molecule has 4 aromatic rings. The van der Waals surface area contributed by atoms with E-state index in [0.29, 0.717) is 25.1 Å². The first-order valence-electron chi connectivity index (χ1n) is 23.2. The number of aliphatic hydroxyl groups excluding tert-OH is 1. The summed E-state index contributed by atoms with van der Waals surface area (Å²) < 4.78 is 4.56. The summed E-state index contributed by atoms with van der Waals surface area (Å²) in [6, 6.07) is 16.9. The molecule has 2 aromatic heterocycles. The van der Waals surface area contributed by atoms with Crippen LogP contribution in [-0.2, 0) is 24.2 Å². The van der Waals surface area contributed by atoms with E-state index in [1.165, 1.54) is 10.9 Å². The number of hydrazine groups is 1. The lowest BCUT2D eigenvalue weighted by Crippen LogP contribution is -2.55. The number of carbonyl (C=O) groups is 1. The molecule has 0 radical (unpaired) electrons. The van der Waals surface area contributed by atoms with Crippen LogP contribution in [0.5, 0.6) is 0 Å². The molecular weight excluding hydrogens is 813 g/mol. The Kier molecular flexibility index (Phi) is 18.2. The molecule has 3 atom stereocenters. The standard InChI is InChI=1S/C53H76N8O2S/c1-14-16-23-53(9,10)34-46-45-33-42(21-22-48(45)60(15-2)51(46)44-20-19-24-55-49(44)40(8)62)43-30-37(5)29-41(31-43)32-47(39(7)61-27-18-17-25-56-61)57-52(63)50(36(3)4)59(13)38(6)35-58(12)64-28-26-54-11/h1,19-22,24,29-31,33,36,40,47,50,54,56,62H,6-7,15-18,23,25-28,32,34-35H2,2-5,8-13H3,(H,57,63). The van der Waals surface area contributed by atoms with Gasteiger partial charge in [0.25, 0.3) is 0 Å². The number of nitrogens with one attached hydrogen (secondary N) is 3. The molecule has 11 heteroatoms. The molecule has 4 N–H and O–H groups in total. The van der Waals surface area contributed by atoms with Crippen LogP contribution in [0, 0.1) is 30.6 Å². The van der Waals surface area contributed by atoms with Gasteiger partial charge in [0.2, 0.25) is 5.91 Å². The van der Waals surface area contributed by atoms with Crippen molar-refractivity contribution < 1.29 is 9.90 Å². The maximum atomic E-state index is 14.6. The zero-order chi connectivity index (χ0) is 46.7. The maximum absolute atomic E-state index is 14.6. The van der Waals surface area contributed by atoms with E-state index < -0.39 is 12.1 Å². The van der Waals surface area contributed by atoms with Crippen LogP contribution in [0.1, 0.15) is 95.7 Å². The summed E-state index contributed by atoms with van der Waals surface area (Å²) >= 11 is 1.76. The van der Waals surface area contributed by atoms with Crippen LogP contribution in [-0.4, -0.2) is 99.9 Å². The number of likely N-dealkylation sites (N-methyl/N-ethyl adjacent to an activating group) is 2. The van der Waals surface area contributed by atoms with E-state index in [2.05, 4.69) is 150 Å². The predicted octanol–water partition coefficient (Wildman–Crippen LogP) is 9.14. The van der Waals surface area contributed by atoms with Gasteiger partial charge in [0.15, 0.2) is 0 Å². The highest BCUT2D eigenvalue weighted by Crippen LogP contribution is 2.42. The lowest BCUT2D eigenvalue weighted by molar-refractivity contribution is -0.127. The Bertz CT molecular complexity index is 2270. The largest absolute Gasteiger partial charge is 0.387 e. The fraction of sp³-hybridized carbons (Fsp3) is 0.509. The predicted molar refractivity (Wildman–Crippen MR) is 270 cm³/mol. The van der Waals surface area contributed by atoms with Gasteiger partial charge in [0.05, 0.1) is 23.5 Å². The molecular formula is C53H76N8O2S. The van der Waals surface area contributed by atoms with Gasteiger partial charge < -0.3 is 30.2 Å². The van der Waals surface area contributed by atoms with Gasteiger partial charge in [-0.2, -0.15) is 0 Å². The molecule has 1 amide bonds. The topological polar surface area (TPSA) is 101 Å². The summed E-state index contributed by atoms with van der Waals surface area (Å²) in [7, 11) is 6.02. The first-order valence-corrected chi connectivity index (χ1v) is 24.2. The molecule has 1 aliphatic heterocycles. The summed E-state index contributed by atoms with van der Waals surface area (Å²) in [6.07, 6.45) is 12.0. The minimum Gasteiger partial charge on any atom is -0.387 e. The summed E-state index contributed by atoms with van der Waals surface area (Å²) in [6.45, 7) is 28.0. The Morgan fingerprint density at radius 3 is 2.53 bits per heavy atom. The highest BCUT2D eigenvalue weighted by atomic mass is 32.2.